The summed E-state index contributed by atoms with van der Waals surface area (Å²) in [4.78, 5) is 30.6. The van der Waals surface area contributed by atoms with Gasteiger partial charge < -0.3 is 34.3 Å². The number of rotatable bonds is 11. The summed E-state index contributed by atoms with van der Waals surface area (Å²) < 4.78 is 29.6. The molecular formula is C42H41Cl4N3O7. The van der Waals surface area contributed by atoms with Crippen LogP contribution in [0, 0.1) is 13.8 Å². The van der Waals surface area contributed by atoms with Gasteiger partial charge in [-0.15, -0.1) is 24.8 Å². The molecule has 7 rings (SSSR count). The number of benzene rings is 4. The maximum absolute atomic E-state index is 13.5. The van der Waals surface area contributed by atoms with Crippen LogP contribution in [0.5, 0.6) is 28.7 Å². The van der Waals surface area contributed by atoms with Crippen LogP contribution >= 0.6 is 48.0 Å². The Morgan fingerprint density at radius 3 is 2.34 bits per heavy atom. The lowest BCUT2D eigenvalue weighted by Gasteiger charge is -2.31. The molecule has 0 spiro atoms. The number of aromatic nitrogens is 1. The van der Waals surface area contributed by atoms with Crippen molar-refractivity contribution < 1.29 is 33.3 Å². The fourth-order valence-electron chi connectivity index (χ4n) is 6.40. The smallest absolute Gasteiger partial charge is 0.328 e. The fraction of sp³-hybridized carbons (Fsp3) is 0.262. The van der Waals surface area contributed by atoms with Gasteiger partial charge in [0, 0.05) is 30.4 Å². The number of carbonyl (C=O) groups is 2. The number of hydrogen-bond donors (Lipinski definition) is 2. The van der Waals surface area contributed by atoms with Gasteiger partial charge in [-0.05, 0) is 103 Å². The highest BCUT2D eigenvalue weighted by molar-refractivity contribution is 6.42. The number of esters is 1. The molecule has 1 unspecified atom stereocenters. The van der Waals surface area contributed by atoms with Gasteiger partial charge in [0.25, 0.3) is 0 Å². The Balaban J connectivity index is 0.00000300. The molecular weight excluding hydrogens is 800 g/mol. The van der Waals surface area contributed by atoms with E-state index < -0.39 is 18.1 Å². The summed E-state index contributed by atoms with van der Waals surface area (Å²) >= 11 is 12.1. The Labute approximate surface area is 348 Å². The van der Waals surface area contributed by atoms with Crippen LogP contribution in [0.2, 0.25) is 10.0 Å². The third kappa shape index (κ3) is 9.99. The summed E-state index contributed by atoms with van der Waals surface area (Å²) in [5.74, 6) is 2.55. The zero-order valence-corrected chi connectivity index (χ0v) is 34.0. The van der Waals surface area contributed by atoms with Crippen molar-refractivity contribution in [2.24, 2.45) is 0 Å². The van der Waals surface area contributed by atoms with Gasteiger partial charge in [-0.2, -0.15) is 0 Å². The molecule has 4 aromatic carbocycles. The molecule has 2 aliphatic heterocycles. The fourth-order valence-corrected chi connectivity index (χ4v) is 6.72. The summed E-state index contributed by atoms with van der Waals surface area (Å²) in [6.45, 7) is 5.03. The number of nitrogens with one attached hydrogen (secondary N) is 2. The quantitative estimate of drug-likeness (QED) is 0.126. The molecule has 3 heterocycles. The molecule has 0 saturated carbocycles. The molecule has 0 radical (unpaired) electrons. The number of nitrogens with zero attached hydrogens (tertiary/aromatic N) is 1. The van der Waals surface area contributed by atoms with Crippen LogP contribution in [0.3, 0.4) is 0 Å². The zero-order valence-electron chi connectivity index (χ0n) is 30.8. The number of hydrogen-bond acceptors (Lipinski definition) is 9. The van der Waals surface area contributed by atoms with Gasteiger partial charge in [0.2, 0.25) is 5.91 Å². The molecule has 0 saturated heterocycles. The van der Waals surface area contributed by atoms with Crippen molar-refractivity contribution in [3.05, 3.63) is 140 Å². The van der Waals surface area contributed by atoms with Gasteiger partial charge in [0.1, 0.15) is 36.5 Å². The Morgan fingerprint density at radius 2 is 1.61 bits per heavy atom. The first-order valence-corrected chi connectivity index (χ1v) is 18.3. The van der Waals surface area contributed by atoms with Crippen molar-refractivity contribution in [1.29, 1.82) is 0 Å². The van der Waals surface area contributed by atoms with Crippen molar-refractivity contribution in [1.82, 2.24) is 15.6 Å². The Hall–Kier alpha value is -4.71. The molecule has 3 atom stereocenters. The van der Waals surface area contributed by atoms with Gasteiger partial charge in [-0.3, -0.25) is 9.78 Å². The van der Waals surface area contributed by atoms with Gasteiger partial charge in [-0.1, -0.05) is 53.5 Å². The van der Waals surface area contributed by atoms with E-state index in [1.165, 1.54) is 7.11 Å². The van der Waals surface area contributed by atoms with E-state index in [0.29, 0.717) is 59.2 Å². The molecule has 1 amide bonds. The van der Waals surface area contributed by atoms with Crippen LogP contribution in [-0.4, -0.2) is 42.7 Å². The second-order valence-electron chi connectivity index (χ2n) is 13.3. The lowest BCUT2D eigenvalue weighted by atomic mass is 9.94. The molecule has 0 bridgehead atoms. The number of fused-ring (bicyclic) bond motifs is 2. The van der Waals surface area contributed by atoms with Crippen LogP contribution < -0.4 is 29.6 Å². The predicted octanol–water partition coefficient (Wildman–Crippen LogP) is 8.65. The minimum absolute atomic E-state index is 0. The Kier molecular flexibility index (Phi) is 14.4. The molecule has 5 aromatic rings. The highest BCUT2D eigenvalue weighted by Gasteiger charge is 2.31. The van der Waals surface area contributed by atoms with E-state index >= 15 is 0 Å². The first-order chi connectivity index (χ1) is 26.1. The second kappa shape index (κ2) is 19.0. The minimum Gasteiger partial charge on any atom is -0.489 e. The molecule has 56 heavy (non-hydrogen) atoms. The lowest BCUT2D eigenvalue weighted by molar-refractivity contribution is -0.145. The monoisotopic (exact) mass is 839 g/mol. The summed E-state index contributed by atoms with van der Waals surface area (Å²) in [5, 5.41) is 7.22. The lowest BCUT2D eigenvalue weighted by Crippen LogP contribution is -2.53. The molecule has 14 heteroatoms. The van der Waals surface area contributed by atoms with Crippen LogP contribution in [0.15, 0.2) is 91.1 Å². The zero-order chi connectivity index (χ0) is 37.8. The van der Waals surface area contributed by atoms with Crippen molar-refractivity contribution in [3.63, 3.8) is 0 Å². The van der Waals surface area contributed by atoms with E-state index in [2.05, 4.69) is 15.6 Å². The van der Waals surface area contributed by atoms with Crippen LogP contribution in [0.1, 0.15) is 45.2 Å². The molecule has 2 N–H and O–H groups in total. The molecule has 294 valence electrons. The molecule has 0 fully saturated rings. The standard InChI is InChI=1S/C42H39Cl2N3O7.2ClH/c1-24-25(2)45-15-14-37(24)53-32-9-4-26(5-10-32)17-36(42(49)50-3)47-41(48)35-18-29-19-38-39(20-30(29)21-46-35)54-40(23-52-38)28-7-11-31(12-8-28)51-22-27-6-13-33(43)34(44)16-27;;/h4-16,19-20,35-36,40,46H,17-18,21-23H2,1-3H3,(H,47,48);2*1H/t35-,36?,40+;;/m0../s1. The van der Waals surface area contributed by atoms with Crippen molar-refractivity contribution in [3.8, 4) is 28.7 Å². The average molecular weight is 842 g/mol. The van der Waals surface area contributed by atoms with Gasteiger partial charge in [0.05, 0.1) is 23.2 Å². The summed E-state index contributed by atoms with van der Waals surface area (Å²) in [6.07, 6.45) is 2.08. The van der Waals surface area contributed by atoms with Crippen LogP contribution in [0.25, 0.3) is 0 Å². The van der Waals surface area contributed by atoms with Gasteiger partial charge >= 0.3 is 5.97 Å². The van der Waals surface area contributed by atoms with E-state index in [1.807, 2.05) is 86.6 Å². The number of carbonyl (C=O) groups excluding carboxylic acids is 2. The normalized spacial score (nSPS) is 15.9. The summed E-state index contributed by atoms with van der Waals surface area (Å²) in [6, 6.07) is 24.9. The SMILES string of the molecule is COC(=O)C(Cc1ccc(Oc2ccnc(C)c2C)cc1)NC(=O)[C@@H]1Cc2cc3c(cc2CN1)O[C@@H](c1ccc(OCc2ccc(Cl)c(Cl)c2)cc1)CO3.Cl.Cl. The number of aryl methyl sites for hydroxylation is 1. The Morgan fingerprint density at radius 1 is 0.893 bits per heavy atom. The van der Waals surface area contributed by atoms with Crippen LogP contribution in [0.4, 0.5) is 0 Å². The van der Waals surface area contributed by atoms with E-state index in [9.17, 15) is 9.59 Å². The first-order valence-electron chi connectivity index (χ1n) is 17.6. The number of pyridine rings is 1. The average Bonchev–Trinajstić information content (AvgIpc) is 3.19. The largest absolute Gasteiger partial charge is 0.489 e. The number of amides is 1. The minimum atomic E-state index is -0.872. The third-order valence-corrected chi connectivity index (χ3v) is 10.4. The molecule has 1 aromatic heterocycles. The highest BCUT2D eigenvalue weighted by Crippen LogP contribution is 2.40. The third-order valence-electron chi connectivity index (χ3n) is 9.65. The summed E-state index contributed by atoms with van der Waals surface area (Å²) in [7, 11) is 1.31. The number of halogens is 4. The van der Waals surface area contributed by atoms with Crippen molar-refractivity contribution in [2.75, 3.05) is 13.7 Å². The molecule has 10 nitrogen and oxygen atoms in total. The van der Waals surface area contributed by atoms with E-state index in [0.717, 1.165) is 44.8 Å². The van der Waals surface area contributed by atoms with Gasteiger partial charge in [0.15, 0.2) is 17.6 Å². The van der Waals surface area contributed by atoms with Gasteiger partial charge in [-0.25, -0.2) is 4.79 Å². The predicted molar refractivity (Wildman–Crippen MR) is 219 cm³/mol. The van der Waals surface area contributed by atoms with E-state index in [1.54, 1.807) is 18.3 Å². The van der Waals surface area contributed by atoms with Crippen molar-refractivity contribution in [2.45, 2.75) is 58.0 Å². The number of methoxy groups -OCH3 is 1. The van der Waals surface area contributed by atoms with E-state index in [-0.39, 0.29) is 43.2 Å². The topological polar surface area (TPSA) is 117 Å². The highest BCUT2D eigenvalue weighted by atomic mass is 35.5. The van der Waals surface area contributed by atoms with E-state index in [4.69, 9.17) is 46.9 Å². The first kappa shape index (κ1) is 42.4. The maximum Gasteiger partial charge on any atom is 0.328 e. The Bertz CT molecular complexity index is 2170. The maximum atomic E-state index is 13.5. The molecule has 0 aliphatic carbocycles. The van der Waals surface area contributed by atoms with Crippen molar-refractivity contribution >= 4 is 59.9 Å². The molecule has 2 aliphatic rings. The van der Waals surface area contributed by atoms with Crippen LogP contribution in [-0.2, 0) is 40.3 Å². The second-order valence-corrected chi connectivity index (χ2v) is 14.1. The summed E-state index contributed by atoms with van der Waals surface area (Å²) in [5.41, 5.74) is 6.56. The number of ether oxygens (including phenoxy) is 5.